The summed E-state index contributed by atoms with van der Waals surface area (Å²) in [6.07, 6.45) is 3.11. The van der Waals surface area contributed by atoms with Crippen molar-refractivity contribution in [1.82, 2.24) is 5.32 Å². The first-order valence-electron chi connectivity index (χ1n) is 6.19. The molecule has 0 bridgehead atoms. The number of rotatable bonds is 4. The van der Waals surface area contributed by atoms with Crippen LogP contribution in [0.3, 0.4) is 0 Å². The van der Waals surface area contributed by atoms with E-state index in [-0.39, 0.29) is 18.6 Å². The Bertz CT molecular complexity index is 431. The van der Waals surface area contributed by atoms with Crippen molar-refractivity contribution in [3.63, 3.8) is 0 Å². The summed E-state index contributed by atoms with van der Waals surface area (Å²) in [4.78, 5) is 11.6. The quantitative estimate of drug-likeness (QED) is 0.885. The Morgan fingerprint density at radius 3 is 3.00 bits per heavy atom. The normalized spacial score (nSPS) is 18.0. The van der Waals surface area contributed by atoms with Crippen LogP contribution in [0.1, 0.15) is 30.0 Å². The largest absolute Gasteiger partial charge is 0.497 e. The van der Waals surface area contributed by atoms with Crippen LogP contribution in [0.15, 0.2) is 18.2 Å². The molecule has 1 atom stereocenters. The molecule has 0 aliphatic heterocycles. The average Bonchev–Trinajstić information content (AvgIpc) is 2.38. The van der Waals surface area contributed by atoms with Gasteiger partial charge >= 0.3 is 0 Å². The van der Waals surface area contributed by atoms with Gasteiger partial charge in [-0.3, -0.25) is 4.79 Å². The monoisotopic (exact) mass is 249 g/mol. The number of carbonyl (C=O) groups excluding carboxylic acids is 1. The fourth-order valence-electron chi connectivity index (χ4n) is 2.43. The van der Waals surface area contributed by atoms with Crippen LogP contribution in [0.25, 0.3) is 0 Å². The maximum atomic E-state index is 11.6. The van der Waals surface area contributed by atoms with E-state index in [4.69, 9.17) is 9.47 Å². The minimum atomic E-state index is -0.0637. The molecule has 0 radical (unpaired) electrons. The van der Waals surface area contributed by atoms with Gasteiger partial charge in [0.15, 0.2) is 0 Å². The predicted octanol–water partition coefficient (Wildman–Crippen LogP) is 1.84. The van der Waals surface area contributed by atoms with Gasteiger partial charge in [0.1, 0.15) is 12.4 Å². The summed E-state index contributed by atoms with van der Waals surface area (Å²) in [6, 6.07) is 6.15. The number of hydrogen-bond acceptors (Lipinski definition) is 3. The lowest BCUT2D eigenvalue weighted by molar-refractivity contribution is -0.125. The van der Waals surface area contributed by atoms with Crippen molar-refractivity contribution < 1.29 is 14.3 Å². The van der Waals surface area contributed by atoms with Gasteiger partial charge in [-0.15, -0.1) is 0 Å². The molecule has 0 spiro atoms. The first kappa shape index (κ1) is 12.9. The van der Waals surface area contributed by atoms with E-state index in [1.165, 1.54) is 18.2 Å². The molecule has 18 heavy (non-hydrogen) atoms. The molecule has 0 aromatic heterocycles. The van der Waals surface area contributed by atoms with E-state index < -0.39 is 0 Å². The molecule has 0 saturated heterocycles. The average molecular weight is 249 g/mol. The number of methoxy groups -OCH3 is 2. The van der Waals surface area contributed by atoms with Gasteiger partial charge < -0.3 is 14.8 Å². The molecule has 0 saturated carbocycles. The molecule has 1 aliphatic rings. The number of carbonyl (C=O) groups is 1. The third kappa shape index (κ3) is 2.82. The number of nitrogens with one attached hydrogen (secondary N) is 1. The zero-order chi connectivity index (χ0) is 13.0. The van der Waals surface area contributed by atoms with Crippen molar-refractivity contribution in [2.75, 3.05) is 20.8 Å². The van der Waals surface area contributed by atoms with Crippen LogP contribution in [0.2, 0.25) is 0 Å². The van der Waals surface area contributed by atoms with Crippen molar-refractivity contribution in [2.24, 2.45) is 0 Å². The molecular weight excluding hydrogens is 230 g/mol. The number of hydrogen-bond donors (Lipinski definition) is 1. The first-order valence-corrected chi connectivity index (χ1v) is 6.19. The smallest absolute Gasteiger partial charge is 0.246 e. The van der Waals surface area contributed by atoms with E-state index in [0.717, 1.165) is 25.0 Å². The van der Waals surface area contributed by atoms with Gasteiger partial charge in [-0.1, -0.05) is 6.07 Å². The van der Waals surface area contributed by atoms with Gasteiger partial charge in [-0.05, 0) is 42.5 Å². The molecular formula is C14H19NO3. The highest BCUT2D eigenvalue weighted by atomic mass is 16.5. The Labute approximate surface area is 107 Å². The molecule has 1 amide bonds. The number of ether oxygens (including phenoxy) is 2. The Balaban J connectivity index is 2.15. The van der Waals surface area contributed by atoms with Gasteiger partial charge in [-0.25, -0.2) is 0 Å². The number of aryl methyl sites for hydroxylation is 1. The zero-order valence-electron chi connectivity index (χ0n) is 10.9. The minimum Gasteiger partial charge on any atom is -0.497 e. The third-order valence-corrected chi connectivity index (χ3v) is 3.28. The van der Waals surface area contributed by atoms with E-state index in [1.54, 1.807) is 7.11 Å². The van der Waals surface area contributed by atoms with Crippen LogP contribution in [-0.4, -0.2) is 26.7 Å². The van der Waals surface area contributed by atoms with Crippen molar-refractivity contribution in [3.05, 3.63) is 29.3 Å². The molecule has 4 nitrogen and oxygen atoms in total. The summed E-state index contributed by atoms with van der Waals surface area (Å²) < 4.78 is 10.1. The van der Waals surface area contributed by atoms with Crippen LogP contribution >= 0.6 is 0 Å². The third-order valence-electron chi connectivity index (χ3n) is 3.28. The lowest BCUT2D eigenvalue weighted by Gasteiger charge is -2.26. The highest BCUT2D eigenvalue weighted by Gasteiger charge is 2.21. The number of amides is 1. The van der Waals surface area contributed by atoms with E-state index in [9.17, 15) is 4.79 Å². The highest BCUT2D eigenvalue weighted by Crippen LogP contribution is 2.32. The Kier molecular flexibility index (Phi) is 4.20. The number of benzene rings is 1. The summed E-state index contributed by atoms with van der Waals surface area (Å²) in [5.41, 5.74) is 2.47. The molecule has 1 N–H and O–H groups in total. The maximum absolute atomic E-state index is 11.6. The van der Waals surface area contributed by atoms with Gasteiger partial charge in [0.2, 0.25) is 5.91 Å². The molecule has 0 unspecified atom stereocenters. The van der Waals surface area contributed by atoms with Gasteiger partial charge in [0, 0.05) is 7.11 Å². The van der Waals surface area contributed by atoms with E-state index >= 15 is 0 Å². The fraction of sp³-hybridized carbons (Fsp3) is 0.500. The van der Waals surface area contributed by atoms with Crippen molar-refractivity contribution in [3.8, 4) is 5.75 Å². The number of fused-ring (bicyclic) bond motifs is 1. The Morgan fingerprint density at radius 2 is 2.28 bits per heavy atom. The fourth-order valence-corrected chi connectivity index (χ4v) is 2.43. The molecule has 4 heteroatoms. The zero-order valence-corrected chi connectivity index (χ0v) is 10.9. The van der Waals surface area contributed by atoms with Gasteiger partial charge in [0.05, 0.1) is 13.2 Å². The van der Waals surface area contributed by atoms with E-state index in [2.05, 4.69) is 11.4 Å². The second-order valence-electron chi connectivity index (χ2n) is 4.51. The molecule has 1 aromatic carbocycles. The molecule has 1 aliphatic carbocycles. The van der Waals surface area contributed by atoms with Gasteiger partial charge in [-0.2, -0.15) is 0 Å². The second kappa shape index (κ2) is 5.87. The van der Waals surface area contributed by atoms with Crippen molar-refractivity contribution in [2.45, 2.75) is 25.3 Å². The van der Waals surface area contributed by atoms with Crippen molar-refractivity contribution >= 4 is 5.91 Å². The second-order valence-corrected chi connectivity index (χ2v) is 4.51. The molecule has 1 aromatic rings. The van der Waals surface area contributed by atoms with E-state index in [0.29, 0.717) is 0 Å². The highest BCUT2D eigenvalue weighted by molar-refractivity contribution is 5.77. The van der Waals surface area contributed by atoms with E-state index in [1.807, 2.05) is 12.1 Å². The SMILES string of the molecule is COCC(=O)N[C@@H]1CCCc2cc(OC)ccc21. The topological polar surface area (TPSA) is 47.6 Å². The van der Waals surface area contributed by atoms with Crippen LogP contribution in [0.5, 0.6) is 5.75 Å². The van der Waals surface area contributed by atoms with Crippen LogP contribution in [-0.2, 0) is 16.0 Å². The maximum Gasteiger partial charge on any atom is 0.246 e. The standard InChI is InChI=1S/C14H19NO3/c1-17-9-14(16)15-13-5-3-4-10-8-11(18-2)6-7-12(10)13/h6-8,13H,3-5,9H2,1-2H3,(H,15,16)/t13-/m1/s1. The lowest BCUT2D eigenvalue weighted by atomic mass is 9.87. The van der Waals surface area contributed by atoms with Crippen molar-refractivity contribution in [1.29, 1.82) is 0 Å². The predicted molar refractivity (Wildman–Crippen MR) is 68.7 cm³/mol. The summed E-state index contributed by atoms with van der Waals surface area (Å²) in [5.74, 6) is 0.809. The summed E-state index contributed by atoms with van der Waals surface area (Å²) in [5, 5.41) is 3.01. The Morgan fingerprint density at radius 1 is 1.44 bits per heavy atom. The lowest BCUT2D eigenvalue weighted by Crippen LogP contribution is -2.33. The Hall–Kier alpha value is -1.55. The molecule has 0 fully saturated rings. The molecule has 2 rings (SSSR count). The molecule has 98 valence electrons. The summed E-state index contributed by atoms with van der Waals surface area (Å²) in [7, 11) is 3.20. The van der Waals surface area contributed by atoms with Crippen LogP contribution < -0.4 is 10.1 Å². The summed E-state index contributed by atoms with van der Waals surface area (Å²) in [6.45, 7) is 0.113. The molecule has 0 heterocycles. The van der Waals surface area contributed by atoms with Crippen LogP contribution in [0.4, 0.5) is 0 Å². The summed E-state index contributed by atoms with van der Waals surface area (Å²) >= 11 is 0. The minimum absolute atomic E-state index is 0.0637. The van der Waals surface area contributed by atoms with Crippen LogP contribution in [0, 0.1) is 0 Å². The van der Waals surface area contributed by atoms with Gasteiger partial charge in [0.25, 0.3) is 0 Å². The first-order chi connectivity index (χ1) is 8.74.